The second-order valence-corrected chi connectivity index (χ2v) is 7.51. The Morgan fingerprint density at radius 2 is 1.90 bits per heavy atom. The van der Waals surface area contributed by atoms with E-state index in [0.29, 0.717) is 18.9 Å². The Bertz CT molecular complexity index is 1210. The van der Waals surface area contributed by atoms with Crippen LogP contribution in [0.3, 0.4) is 0 Å². The van der Waals surface area contributed by atoms with E-state index in [1.54, 1.807) is 6.21 Å². The van der Waals surface area contributed by atoms with E-state index in [-0.39, 0.29) is 6.10 Å². The van der Waals surface area contributed by atoms with Gasteiger partial charge in [-0.3, -0.25) is 5.43 Å². The Kier molecular flexibility index (Phi) is 4.65. The highest BCUT2D eigenvalue weighted by atomic mass is 16.3. The minimum Gasteiger partial charge on any atom is -0.389 e. The number of fused-ring (bicyclic) bond motifs is 1. The molecule has 7 heteroatoms. The van der Waals surface area contributed by atoms with Gasteiger partial charge in [0, 0.05) is 30.8 Å². The van der Waals surface area contributed by atoms with E-state index in [1.165, 1.54) is 5.56 Å². The molecular weight excluding hydrogens is 376 g/mol. The number of anilines is 2. The molecule has 1 aliphatic rings. The van der Waals surface area contributed by atoms with Crippen molar-refractivity contribution >= 4 is 23.5 Å². The van der Waals surface area contributed by atoms with Crippen LogP contribution in [0, 0.1) is 6.92 Å². The first-order valence-corrected chi connectivity index (χ1v) is 9.91. The van der Waals surface area contributed by atoms with Crippen LogP contribution in [-0.4, -0.2) is 45.1 Å². The van der Waals surface area contributed by atoms with E-state index in [0.717, 1.165) is 28.3 Å². The van der Waals surface area contributed by atoms with Crippen LogP contribution in [0.1, 0.15) is 11.1 Å². The molecule has 3 heterocycles. The molecule has 0 unspecified atom stereocenters. The molecule has 0 atom stereocenters. The molecule has 0 saturated carbocycles. The lowest BCUT2D eigenvalue weighted by Gasteiger charge is -2.37. The summed E-state index contributed by atoms with van der Waals surface area (Å²) in [5.74, 6) is 1.50. The van der Waals surface area contributed by atoms with Crippen LogP contribution in [0.5, 0.6) is 0 Å². The summed E-state index contributed by atoms with van der Waals surface area (Å²) in [4.78, 5) is 6.76. The highest BCUT2D eigenvalue weighted by molar-refractivity contribution is 5.80. The number of nitrogens with one attached hydrogen (secondary N) is 1. The largest absolute Gasteiger partial charge is 0.389 e. The second-order valence-electron chi connectivity index (χ2n) is 7.51. The first-order valence-electron chi connectivity index (χ1n) is 9.91. The van der Waals surface area contributed by atoms with Crippen molar-refractivity contribution in [3.05, 3.63) is 77.9 Å². The summed E-state index contributed by atoms with van der Waals surface area (Å²) in [6.45, 7) is 3.20. The number of aryl methyl sites for hydroxylation is 1. The molecule has 0 radical (unpaired) electrons. The molecule has 0 aliphatic carbocycles. The van der Waals surface area contributed by atoms with Crippen molar-refractivity contribution in [1.29, 1.82) is 0 Å². The first kappa shape index (κ1) is 18.3. The van der Waals surface area contributed by atoms with Gasteiger partial charge in [-0.15, -0.1) is 0 Å². The van der Waals surface area contributed by atoms with Gasteiger partial charge in [-0.25, -0.2) is 4.98 Å². The Labute approximate surface area is 174 Å². The third-order valence-corrected chi connectivity index (χ3v) is 5.10. The fraction of sp³-hybridized carbons (Fsp3) is 0.174. The van der Waals surface area contributed by atoms with Crippen molar-refractivity contribution in [3.8, 4) is 11.3 Å². The van der Waals surface area contributed by atoms with Crippen molar-refractivity contribution in [1.82, 2.24) is 14.6 Å². The lowest BCUT2D eigenvalue weighted by molar-refractivity contribution is 0.141. The monoisotopic (exact) mass is 398 g/mol. The van der Waals surface area contributed by atoms with Crippen LogP contribution in [0.15, 0.2) is 71.8 Å². The summed E-state index contributed by atoms with van der Waals surface area (Å²) in [5, 5.41) is 18.9. The van der Waals surface area contributed by atoms with Crippen molar-refractivity contribution in [2.75, 3.05) is 23.4 Å². The average Bonchev–Trinajstić information content (AvgIpc) is 3.16. The van der Waals surface area contributed by atoms with Crippen LogP contribution >= 0.6 is 0 Å². The van der Waals surface area contributed by atoms with Gasteiger partial charge in [0.1, 0.15) is 5.82 Å². The SMILES string of the molecule is Cc1cccc(/C=N/Nc2cc(N3CC(O)C3)n3nc(-c4ccccc4)cc3n2)c1. The Balaban J connectivity index is 1.49. The number of rotatable bonds is 5. The van der Waals surface area contributed by atoms with Crippen LogP contribution in [0.2, 0.25) is 0 Å². The molecule has 5 rings (SSSR count). The molecular formula is C23H22N6O. The number of hydrazone groups is 1. The molecule has 2 N–H and O–H groups in total. The van der Waals surface area contributed by atoms with Gasteiger partial charge >= 0.3 is 0 Å². The highest BCUT2D eigenvalue weighted by Gasteiger charge is 2.27. The zero-order valence-electron chi connectivity index (χ0n) is 16.6. The Morgan fingerprint density at radius 3 is 2.67 bits per heavy atom. The van der Waals surface area contributed by atoms with Gasteiger partial charge in [-0.1, -0.05) is 60.2 Å². The van der Waals surface area contributed by atoms with E-state index < -0.39 is 0 Å². The van der Waals surface area contributed by atoms with Crippen LogP contribution in [0.4, 0.5) is 11.6 Å². The quantitative estimate of drug-likeness (QED) is 0.398. The maximum atomic E-state index is 9.77. The number of hydrogen-bond acceptors (Lipinski definition) is 6. The molecule has 4 aromatic rings. The number of nitrogens with zero attached hydrogens (tertiary/aromatic N) is 5. The molecule has 2 aromatic carbocycles. The third kappa shape index (κ3) is 3.62. The van der Waals surface area contributed by atoms with E-state index in [1.807, 2.05) is 59.1 Å². The summed E-state index contributed by atoms with van der Waals surface area (Å²) in [5.41, 5.74) is 7.85. The zero-order chi connectivity index (χ0) is 20.5. The normalized spacial score (nSPS) is 14.4. The van der Waals surface area contributed by atoms with Gasteiger partial charge in [0.15, 0.2) is 11.5 Å². The number of aromatic nitrogens is 3. The second kappa shape index (κ2) is 7.61. The minimum absolute atomic E-state index is 0.312. The van der Waals surface area contributed by atoms with Crippen molar-refractivity contribution < 1.29 is 5.11 Å². The van der Waals surface area contributed by atoms with Crippen molar-refractivity contribution in [2.45, 2.75) is 13.0 Å². The molecule has 0 amide bonds. The fourth-order valence-electron chi connectivity index (χ4n) is 3.56. The molecule has 150 valence electrons. The van der Waals surface area contributed by atoms with Gasteiger partial charge in [0.25, 0.3) is 0 Å². The lowest BCUT2D eigenvalue weighted by Crippen LogP contribution is -2.51. The number of aliphatic hydroxyl groups excluding tert-OH is 1. The van der Waals surface area contributed by atoms with Gasteiger partial charge in [0.2, 0.25) is 0 Å². The maximum absolute atomic E-state index is 9.77. The molecule has 30 heavy (non-hydrogen) atoms. The van der Waals surface area contributed by atoms with E-state index in [4.69, 9.17) is 5.10 Å². The van der Waals surface area contributed by atoms with Crippen LogP contribution in [0.25, 0.3) is 16.9 Å². The van der Waals surface area contributed by atoms with Crippen LogP contribution < -0.4 is 10.3 Å². The highest BCUT2D eigenvalue weighted by Crippen LogP contribution is 2.27. The van der Waals surface area contributed by atoms with E-state index in [2.05, 4.69) is 39.5 Å². The Morgan fingerprint density at radius 1 is 1.07 bits per heavy atom. The first-order chi connectivity index (χ1) is 14.7. The van der Waals surface area contributed by atoms with E-state index >= 15 is 0 Å². The smallest absolute Gasteiger partial charge is 0.160 e. The van der Waals surface area contributed by atoms with Crippen molar-refractivity contribution in [3.63, 3.8) is 0 Å². The summed E-state index contributed by atoms with van der Waals surface area (Å²) in [6, 6.07) is 22.0. The average molecular weight is 398 g/mol. The predicted octanol–water partition coefficient (Wildman–Crippen LogP) is 3.33. The molecule has 2 aromatic heterocycles. The van der Waals surface area contributed by atoms with Gasteiger partial charge in [-0.05, 0) is 12.5 Å². The van der Waals surface area contributed by atoms with E-state index in [9.17, 15) is 5.11 Å². The lowest BCUT2D eigenvalue weighted by atomic mass is 10.1. The third-order valence-electron chi connectivity index (χ3n) is 5.10. The Hall–Kier alpha value is -3.71. The summed E-state index contributed by atoms with van der Waals surface area (Å²) in [6.07, 6.45) is 1.46. The number of aliphatic hydroxyl groups is 1. The maximum Gasteiger partial charge on any atom is 0.160 e. The number of β-amino-alcohol motifs (C(OH)–C–C–N with tert-alkyl or cyclic N) is 1. The molecule has 1 fully saturated rings. The number of benzene rings is 2. The molecule has 1 aliphatic heterocycles. The summed E-state index contributed by atoms with van der Waals surface area (Å²) >= 11 is 0. The molecule has 0 bridgehead atoms. The fourth-order valence-corrected chi connectivity index (χ4v) is 3.56. The van der Waals surface area contributed by atoms with Gasteiger partial charge in [-0.2, -0.15) is 14.7 Å². The predicted molar refractivity (Wildman–Crippen MR) is 119 cm³/mol. The summed E-state index contributed by atoms with van der Waals surface area (Å²) < 4.78 is 1.82. The molecule has 1 saturated heterocycles. The van der Waals surface area contributed by atoms with Crippen LogP contribution in [-0.2, 0) is 0 Å². The van der Waals surface area contributed by atoms with Gasteiger partial charge < -0.3 is 10.0 Å². The topological polar surface area (TPSA) is 78.0 Å². The minimum atomic E-state index is -0.312. The standard InChI is InChI=1S/C23H22N6O/c1-16-6-5-7-17(10-16)13-24-26-21-12-23(28-14-19(30)15-28)29-22(25-21)11-20(27-29)18-8-3-2-4-9-18/h2-13,19,30H,14-15H2,1H3,(H,25,26)/b24-13+. The summed E-state index contributed by atoms with van der Waals surface area (Å²) in [7, 11) is 0. The number of hydrogen-bond donors (Lipinski definition) is 2. The molecule has 0 spiro atoms. The molecule has 7 nitrogen and oxygen atoms in total. The van der Waals surface area contributed by atoms with Gasteiger partial charge in [0.05, 0.1) is 18.0 Å². The zero-order valence-corrected chi connectivity index (χ0v) is 16.6. The van der Waals surface area contributed by atoms with Crippen molar-refractivity contribution in [2.24, 2.45) is 5.10 Å².